The second-order valence-corrected chi connectivity index (χ2v) is 13.4. The quantitative estimate of drug-likeness (QED) is 0.0920. The minimum absolute atomic E-state index is 0. The Bertz CT molecular complexity index is 2430. The van der Waals surface area contributed by atoms with Gasteiger partial charge in [-0.15, -0.1) is 0 Å². The molecule has 0 N–H and O–H groups in total. The van der Waals surface area contributed by atoms with Crippen LogP contribution in [0.5, 0.6) is 0 Å². The number of halogens is 36. The molecular formula is C38H14F36Ho2N4O14. The first-order valence-electron chi connectivity index (χ1n) is 19.5. The predicted octanol–water partition coefficient (Wildman–Crippen LogP) is 4.98. The van der Waals surface area contributed by atoms with Gasteiger partial charge in [0.2, 0.25) is 0 Å². The van der Waals surface area contributed by atoms with E-state index >= 15 is 0 Å². The molecule has 0 saturated heterocycles. The summed E-state index contributed by atoms with van der Waals surface area (Å²) in [7, 11) is 0. The fraction of sp³-hybridized carbons (Fsp3) is 0.316. The summed E-state index contributed by atoms with van der Waals surface area (Å²) in [4.78, 5) is 66.2. The number of allylic oxidation sites excluding steroid dienone is 12. The number of alkyl halides is 36. The molecule has 0 fully saturated rings. The largest absolute Gasteiger partial charge is 3.00 e. The molecule has 2 aromatic rings. The van der Waals surface area contributed by atoms with Crippen molar-refractivity contribution >= 4 is 34.7 Å². The van der Waals surface area contributed by atoms with E-state index in [1.54, 1.807) is 0 Å². The van der Waals surface area contributed by atoms with E-state index in [0.29, 0.717) is 9.46 Å². The van der Waals surface area contributed by atoms with Crippen LogP contribution in [0.25, 0.3) is 0 Å². The molecule has 0 bridgehead atoms. The van der Waals surface area contributed by atoms with E-state index in [2.05, 4.69) is 9.97 Å². The molecule has 0 spiro atoms. The molecule has 0 saturated carbocycles. The Labute approximate surface area is 549 Å². The van der Waals surface area contributed by atoms with Crippen LogP contribution in [-0.2, 0) is 28.8 Å². The minimum atomic E-state index is -5.46. The van der Waals surface area contributed by atoms with Gasteiger partial charge in [0, 0.05) is 0 Å². The molecule has 2 rings (SSSR count). The Balaban J connectivity index is -0.000000150. The summed E-state index contributed by atoms with van der Waals surface area (Å²) in [6, 6.07) is 0. The monoisotopic (exact) mass is 1760 g/mol. The van der Waals surface area contributed by atoms with Gasteiger partial charge in [-0.25, -0.2) is 0 Å². The van der Waals surface area contributed by atoms with Gasteiger partial charge in [-0.1, -0.05) is 0 Å². The van der Waals surface area contributed by atoms with Crippen LogP contribution in [0.15, 0.2) is 121 Å². The average molecular weight is 1760 g/mol. The summed E-state index contributed by atoms with van der Waals surface area (Å²) in [5, 5.41) is 79.2. The molecule has 94 heavy (non-hydrogen) atoms. The maximum absolute atomic E-state index is 11.3. The smallest absolute Gasteiger partial charge is 0.869 e. The molecule has 2 aromatic heterocycles. The summed E-state index contributed by atoms with van der Waals surface area (Å²) in [6.07, 6.45) is -60.6. The van der Waals surface area contributed by atoms with Crippen molar-refractivity contribution in [2.75, 3.05) is 0 Å². The van der Waals surface area contributed by atoms with Crippen molar-refractivity contribution in [1.29, 1.82) is 0 Å². The molecule has 0 aliphatic rings. The summed E-state index contributed by atoms with van der Waals surface area (Å²) in [6.45, 7) is 0. The van der Waals surface area contributed by atoms with Gasteiger partial charge in [0.1, 0.15) is 0 Å². The molecule has 0 radical (unpaired) electrons. The topological polar surface area (TPSA) is 320 Å². The zero-order valence-electron chi connectivity index (χ0n) is 41.8. The fourth-order valence-electron chi connectivity index (χ4n) is 2.31. The number of hydrogen-bond acceptors (Lipinski definition) is 16. The van der Waals surface area contributed by atoms with E-state index in [0.717, 1.165) is 0 Å². The fourth-order valence-corrected chi connectivity index (χ4v) is 2.31. The molecule has 0 amide bonds. The third-order valence-corrected chi connectivity index (χ3v) is 6.12. The third-order valence-electron chi connectivity index (χ3n) is 6.12. The summed E-state index contributed by atoms with van der Waals surface area (Å²) in [5.74, 6) is -33.9. The molecule has 0 unspecified atom stereocenters. The first kappa shape index (κ1) is 103. The number of rotatable bonds is 6. The molecule has 2 heterocycles. The summed E-state index contributed by atoms with van der Waals surface area (Å²) < 4.78 is 408. The molecule has 56 heteroatoms. The number of carbonyl (C=O) groups excluding carboxylic acids is 6. The van der Waals surface area contributed by atoms with E-state index < -0.39 is 180 Å². The molecule has 0 aromatic carbocycles. The number of carbonyl (C=O) groups is 6. The van der Waals surface area contributed by atoms with Gasteiger partial charge in [-0.05, 0) is 71.0 Å². The molecular weight excluding hydrogens is 1750 g/mol. The van der Waals surface area contributed by atoms with E-state index in [1.807, 2.05) is 0 Å². The van der Waals surface area contributed by atoms with Crippen LogP contribution in [0.2, 0.25) is 0 Å². The second kappa shape index (κ2) is 41.1. The summed E-state index contributed by atoms with van der Waals surface area (Å²) in [5.41, 5.74) is 0. The van der Waals surface area contributed by atoms with Crippen LogP contribution in [-0.4, -0.2) is 119 Å². The van der Waals surface area contributed by atoms with Crippen molar-refractivity contribution in [3.8, 4) is 0 Å². The van der Waals surface area contributed by atoms with Gasteiger partial charge >= 0.3 is 150 Å². The second-order valence-electron chi connectivity index (χ2n) is 13.4. The Hall–Kier alpha value is -6.98. The normalized spacial score (nSPS) is 13.3. The maximum atomic E-state index is 11.3. The average Bonchev–Trinajstić information content (AvgIpc) is 0.932. The Morgan fingerprint density at radius 3 is 0.383 bits per heavy atom. The van der Waals surface area contributed by atoms with E-state index in [1.165, 1.54) is 49.6 Å². The van der Waals surface area contributed by atoms with Crippen LogP contribution in [0.3, 0.4) is 0 Å². The molecule has 18 nitrogen and oxygen atoms in total. The van der Waals surface area contributed by atoms with Crippen molar-refractivity contribution in [3.05, 3.63) is 131 Å². The van der Waals surface area contributed by atoms with Gasteiger partial charge in [0.25, 0.3) is 34.7 Å². The Morgan fingerprint density at radius 1 is 0.234 bits per heavy atom. The van der Waals surface area contributed by atoms with Gasteiger partial charge in [0.05, 0.1) is 24.8 Å². The molecule has 0 atom stereocenters. The van der Waals surface area contributed by atoms with Gasteiger partial charge in [-0.2, -0.15) is 168 Å². The van der Waals surface area contributed by atoms with Crippen LogP contribution >= 0.6 is 0 Å². The van der Waals surface area contributed by atoms with E-state index in [4.69, 9.17) is 0 Å². The van der Waals surface area contributed by atoms with Crippen LogP contribution in [0.1, 0.15) is 0 Å². The minimum Gasteiger partial charge on any atom is -0.869 e. The number of nitrogens with zero attached hydrogens (tertiary/aromatic N) is 4. The van der Waals surface area contributed by atoms with E-state index in [-0.39, 0.29) is 75.5 Å². The van der Waals surface area contributed by atoms with Crippen LogP contribution in [0, 0.1) is 85.9 Å². The zero-order chi connectivity index (χ0) is 75.4. The first-order valence-corrected chi connectivity index (χ1v) is 19.5. The number of aromatic nitrogens is 4. The Kier molecular flexibility index (Phi) is 45.1. The van der Waals surface area contributed by atoms with Gasteiger partial charge in [0.15, 0.2) is 24.8 Å². The van der Waals surface area contributed by atoms with Crippen molar-refractivity contribution in [1.82, 2.24) is 9.97 Å². The predicted molar refractivity (Wildman–Crippen MR) is 198 cm³/mol. The number of hydrogen-bond donors (Lipinski definition) is 0. The Morgan fingerprint density at radius 2 is 0.330 bits per heavy atom. The van der Waals surface area contributed by atoms with Crippen molar-refractivity contribution in [2.45, 2.75) is 74.1 Å². The molecule has 0 aliphatic heterocycles. The van der Waals surface area contributed by atoms with E-state index in [9.17, 15) is 228 Å². The van der Waals surface area contributed by atoms with Gasteiger partial charge < -0.3 is 41.1 Å². The molecule has 544 valence electrons. The first-order chi connectivity index (χ1) is 40.1. The molecule has 0 aliphatic carbocycles. The van der Waals surface area contributed by atoms with Crippen LogP contribution < -0.4 is 40.1 Å². The summed E-state index contributed by atoms with van der Waals surface area (Å²) >= 11 is 0. The van der Waals surface area contributed by atoms with Gasteiger partial charge in [-0.3, -0.25) is 38.7 Å². The van der Waals surface area contributed by atoms with Crippen LogP contribution in [0.4, 0.5) is 158 Å². The standard InChI is InChI=1S/6C5H2F6O2.2C4H4N2O.2Ho/c6*6-4(7,8)2(12)1-3(13)5(9,10)11;2*7-6-3-1-5-2-4-6;;/h6*1,12H;2*1-4H;;/q;;;;;;;;2*+3/p-6/b6*2-1-;;;;. The van der Waals surface area contributed by atoms with Crippen molar-refractivity contribution < 1.29 is 302 Å². The zero-order valence-corrected chi connectivity index (χ0v) is 45.7. The number of ketones is 6. The van der Waals surface area contributed by atoms with Crippen molar-refractivity contribution in [2.24, 2.45) is 0 Å². The SMILES string of the molecule is O=C(/C=C(\[O-])C(F)(F)F)C(F)(F)F.O=C(/C=C(\[O-])C(F)(F)F)C(F)(F)F.O=C(/C=C(\[O-])C(F)(F)F)C(F)(F)F.O=C(/C=C(\[O-])C(F)(F)F)C(F)(F)F.O=C(/C=C(\[O-])C(F)(F)F)C(F)(F)F.O=C(/C=C(\[O-])C(F)(F)F)C(F)(F)F.[Ho+3].[Ho+3].[O-][n+]1ccncc1.[O-][n+]1ccncc1. The third kappa shape index (κ3) is 54.4. The van der Waals surface area contributed by atoms with Crippen molar-refractivity contribution in [3.63, 3.8) is 0 Å². The maximum Gasteiger partial charge on any atom is 3.00 e.